The Bertz CT molecular complexity index is 826. The van der Waals surface area contributed by atoms with Gasteiger partial charge in [0.2, 0.25) is 0 Å². The molecule has 24 heavy (non-hydrogen) atoms. The number of carbonyl (C=O) groups excluding carboxylic acids is 1. The minimum atomic E-state index is -4.48. The van der Waals surface area contributed by atoms with Crippen LogP contribution in [0.3, 0.4) is 0 Å². The summed E-state index contributed by atoms with van der Waals surface area (Å²) in [5.74, 6) is -0.531. The molecule has 0 aliphatic rings. The molecule has 4 nitrogen and oxygen atoms in total. The third-order valence-electron chi connectivity index (χ3n) is 3.32. The smallest absolute Gasteiger partial charge is 0.289 e. The maximum Gasteiger partial charge on any atom is 0.416 e. The fraction of sp³-hybridized carbons (Fsp3) is 0.188. The highest BCUT2D eigenvalue weighted by molar-refractivity contribution is 6.35. The fourth-order valence-electron chi connectivity index (χ4n) is 2.26. The molecule has 2 aromatic rings. The molecular weight excluding hydrogens is 343 g/mol. The van der Waals surface area contributed by atoms with Gasteiger partial charge in [-0.05, 0) is 41.8 Å². The number of ketones is 1. The predicted octanol–water partition coefficient (Wildman–Crippen LogP) is 5.71. The molecular formula is C16H11ClF3N3O. The molecule has 0 bridgehead atoms. The van der Waals surface area contributed by atoms with Crippen LogP contribution < -0.4 is 0 Å². The van der Waals surface area contributed by atoms with Crippen molar-refractivity contribution < 1.29 is 18.0 Å². The van der Waals surface area contributed by atoms with Crippen molar-refractivity contribution in [1.82, 2.24) is 0 Å². The molecule has 124 valence electrons. The summed E-state index contributed by atoms with van der Waals surface area (Å²) >= 11 is 6.13. The number of alkyl halides is 3. The summed E-state index contributed by atoms with van der Waals surface area (Å²) in [6, 6.07) is 7.08. The third kappa shape index (κ3) is 3.88. The number of benzene rings is 2. The van der Waals surface area contributed by atoms with Crippen LogP contribution in [0, 0.1) is 6.92 Å². The number of hydrogen-bond donors (Lipinski definition) is 0. The topological polar surface area (TPSA) is 65.8 Å². The lowest BCUT2D eigenvalue weighted by atomic mass is 9.96. The van der Waals surface area contributed by atoms with Gasteiger partial charge in [0, 0.05) is 16.0 Å². The molecule has 0 unspecified atom stereocenters. The zero-order valence-electron chi connectivity index (χ0n) is 12.4. The molecule has 0 aliphatic carbocycles. The van der Waals surface area contributed by atoms with Crippen LogP contribution in [0.25, 0.3) is 10.4 Å². The predicted molar refractivity (Wildman–Crippen MR) is 83.9 cm³/mol. The van der Waals surface area contributed by atoms with Crippen molar-refractivity contribution in [2.45, 2.75) is 19.6 Å². The first-order chi connectivity index (χ1) is 11.2. The van der Waals surface area contributed by atoms with E-state index in [-0.39, 0.29) is 22.7 Å². The first kappa shape index (κ1) is 17.8. The van der Waals surface area contributed by atoms with Crippen LogP contribution in [0.15, 0.2) is 41.5 Å². The van der Waals surface area contributed by atoms with E-state index in [0.29, 0.717) is 5.56 Å². The van der Waals surface area contributed by atoms with Gasteiger partial charge in [0.05, 0.1) is 17.1 Å². The van der Waals surface area contributed by atoms with Crippen molar-refractivity contribution in [1.29, 1.82) is 0 Å². The van der Waals surface area contributed by atoms with Gasteiger partial charge in [0.25, 0.3) is 0 Å². The minimum absolute atomic E-state index is 0.0657. The van der Waals surface area contributed by atoms with Crippen molar-refractivity contribution in [2.24, 2.45) is 5.11 Å². The molecule has 0 saturated carbocycles. The molecule has 0 aliphatic heterocycles. The van der Waals surface area contributed by atoms with E-state index in [1.54, 1.807) is 19.1 Å². The van der Waals surface area contributed by atoms with Crippen LogP contribution in [0.5, 0.6) is 0 Å². The Morgan fingerprint density at radius 2 is 1.88 bits per heavy atom. The number of halogens is 4. The highest BCUT2D eigenvalue weighted by Gasteiger charge is 2.30. The lowest BCUT2D eigenvalue weighted by Crippen LogP contribution is -2.09. The van der Waals surface area contributed by atoms with Crippen LogP contribution in [0.2, 0.25) is 5.02 Å². The molecule has 8 heteroatoms. The Kier molecular flexibility index (Phi) is 5.17. The number of hydrogen-bond acceptors (Lipinski definition) is 2. The van der Waals surface area contributed by atoms with Gasteiger partial charge in [-0.3, -0.25) is 4.79 Å². The summed E-state index contributed by atoms with van der Waals surface area (Å²) in [4.78, 5) is 15.3. The summed E-state index contributed by atoms with van der Waals surface area (Å²) < 4.78 is 37.8. The van der Waals surface area contributed by atoms with E-state index in [9.17, 15) is 18.0 Å². The van der Waals surface area contributed by atoms with Crippen molar-refractivity contribution >= 4 is 17.4 Å². The van der Waals surface area contributed by atoms with Crippen LogP contribution in [-0.4, -0.2) is 5.78 Å². The molecule has 0 N–H and O–H groups in total. The van der Waals surface area contributed by atoms with E-state index in [2.05, 4.69) is 10.0 Å². The van der Waals surface area contributed by atoms with Crippen LogP contribution in [0.4, 0.5) is 13.2 Å². The van der Waals surface area contributed by atoms with Gasteiger partial charge in [-0.15, -0.1) is 0 Å². The summed E-state index contributed by atoms with van der Waals surface area (Å²) in [5, 5.41) is 3.58. The Hall–Kier alpha value is -2.50. The second-order valence-electron chi connectivity index (χ2n) is 5.07. The molecule has 0 amide bonds. The quantitative estimate of drug-likeness (QED) is 0.300. The maximum atomic E-state index is 12.6. The first-order valence-electron chi connectivity index (χ1n) is 6.76. The van der Waals surface area contributed by atoms with Gasteiger partial charge in [-0.25, -0.2) is 0 Å². The number of azide groups is 1. The van der Waals surface area contributed by atoms with Crippen LogP contribution in [0.1, 0.15) is 32.6 Å². The second-order valence-corrected chi connectivity index (χ2v) is 5.48. The Morgan fingerprint density at radius 1 is 1.25 bits per heavy atom. The van der Waals surface area contributed by atoms with Gasteiger partial charge in [0.1, 0.15) is 0 Å². The number of carbonyl (C=O) groups is 1. The van der Waals surface area contributed by atoms with E-state index in [1.165, 1.54) is 0 Å². The lowest BCUT2D eigenvalue weighted by molar-refractivity contribution is -0.137. The molecule has 0 aromatic heterocycles. The summed E-state index contributed by atoms with van der Waals surface area (Å²) in [6.07, 6.45) is -4.48. The van der Waals surface area contributed by atoms with Crippen molar-refractivity contribution in [2.75, 3.05) is 0 Å². The zero-order valence-corrected chi connectivity index (χ0v) is 13.2. The standard InChI is InChI=1S/C16H11ClF3N3O/c1-9-6-11(8-22-23-21)14(13(17)7-9)15(24)10-2-4-12(5-3-10)16(18,19)20/h2-7H,8H2,1H3. The maximum absolute atomic E-state index is 12.6. The molecule has 2 aromatic carbocycles. The number of rotatable bonds is 4. The van der Waals surface area contributed by atoms with Gasteiger partial charge < -0.3 is 0 Å². The summed E-state index contributed by atoms with van der Waals surface area (Å²) in [6.45, 7) is 1.68. The molecule has 0 atom stereocenters. The minimum Gasteiger partial charge on any atom is -0.289 e. The largest absolute Gasteiger partial charge is 0.416 e. The average Bonchev–Trinajstić information content (AvgIpc) is 2.51. The Morgan fingerprint density at radius 3 is 2.42 bits per heavy atom. The van der Waals surface area contributed by atoms with E-state index in [4.69, 9.17) is 17.1 Å². The molecule has 0 heterocycles. The lowest BCUT2D eigenvalue weighted by Gasteiger charge is -2.12. The van der Waals surface area contributed by atoms with Crippen LogP contribution >= 0.6 is 11.6 Å². The SMILES string of the molecule is Cc1cc(Cl)c(C(=O)c2ccc(C(F)(F)F)cc2)c(CN=[N+]=[N-])c1. The molecule has 0 saturated heterocycles. The van der Waals surface area contributed by atoms with E-state index in [1.807, 2.05) is 0 Å². The third-order valence-corrected chi connectivity index (χ3v) is 3.62. The normalized spacial score (nSPS) is 11.0. The van der Waals surface area contributed by atoms with Crippen LogP contribution in [-0.2, 0) is 12.7 Å². The van der Waals surface area contributed by atoms with Gasteiger partial charge in [0.15, 0.2) is 5.78 Å². The van der Waals surface area contributed by atoms with E-state index >= 15 is 0 Å². The number of nitrogens with zero attached hydrogens (tertiary/aromatic N) is 3. The highest BCUT2D eigenvalue weighted by atomic mass is 35.5. The highest BCUT2D eigenvalue weighted by Crippen LogP contribution is 2.30. The van der Waals surface area contributed by atoms with Gasteiger partial charge >= 0.3 is 6.18 Å². The number of aryl methyl sites for hydroxylation is 1. The fourth-order valence-corrected chi connectivity index (χ4v) is 2.64. The average molecular weight is 354 g/mol. The zero-order chi connectivity index (χ0) is 17.9. The second kappa shape index (κ2) is 6.95. The van der Waals surface area contributed by atoms with Gasteiger partial charge in [-0.1, -0.05) is 34.9 Å². The molecule has 0 spiro atoms. The van der Waals surface area contributed by atoms with Crippen molar-refractivity contribution in [3.8, 4) is 0 Å². The van der Waals surface area contributed by atoms with Crippen molar-refractivity contribution in [3.05, 3.63) is 79.7 Å². The Labute approximate surface area is 140 Å². The van der Waals surface area contributed by atoms with E-state index in [0.717, 1.165) is 29.8 Å². The molecule has 0 radical (unpaired) electrons. The Balaban J connectivity index is 2.47. The summed E-state index contributed by atoms with van der Waals surface area (Å²) in [7, 11) is 0. The molecule has 2 rings (SSSR count). The first-order valence-corrected chi connectivity index (χ1v) is 7.13. The summed E-state index contributed by atoms with van der Waals surface area (Å²) in [5.41, 5.74) is 8.98. The van der Waals surface area contributed by atoms with E-state index < -0.39 is 17.5 Å². The van der Waals surface area contributed by atoms with Crippen molar-refractivity contribution in [3.63, 3.8) is 0 Å². The molecule has 0 fully saturated rings. The van der Waals surface area contributed by atoms with Gasteiger partial charge in [-0.2, -0.15) is 13.2 Å². The monoisotopic (exact) mass is 353 g/mol.